The second-order valence-electron chi connectivity index (χ2n) is 3.55. The molecule has 0 rings (SSSR count). The molecule has 0 atom stereocenters. The molecular formula is C8H20O8P2S. The molecule has 0 aromatic heterocycles. The Labute approximate surface area is 113 Å². The van der Waals surface area contributed by atoms with Gasteiger partial charge in [-0.3, -0.25) is 9.13 Å². The molecule has 11 heteroatoms. The predicted molar refractivity (Wildman–Crippen MR) is 71.6 cm³/mol. The fourth-order valence-corrected chi connectivity index (χ4v) is 6.36. The summed E-state index contributed by atoms with van der Waals surface area (Å²) in [6.45, 7) is 0. The van der Waals surface area contributed by atoms with E-state index in [9.17, 15) is 17.5 Å². The van der Waals surface area contributed by atoms with Gasteiger partial charge in [-0.15, -0.1) is 0 Å². The molecule has 0 aliphatic heterocycles. The van der Waals surface area contributed by atoms with Crippen LogP contribution in [0.25, 0.3) is 0 Å². The topological polar surface area (TPSA) is 105 Å². The quantitative estimate of drug-likeness (QED) is 0.550. The number of sulfone groups is 1. The summed E-state index contributed by atoms with van der Waals surface area (Å²) in [5.74, 6) is -0.779. The minimum Gasteiger partial charge on any atom is -0.312 e. The van der Waals surface area contributed by atoms with Crippen molar-refractivity contribution in [2.75, 3.05) is 52.3 Å². The van der Waals surface area contributed by atoms with Crippen LogP contribution in [-0.2, 0) is 37.1 Å². The Kier molecular flexibility index (Phi) is 7.98. The first-order valence-corrected chi connectivity index (χ1v) is 10.5. The number of rotatable bonds is 10. The van der Waals surface area contributed by atoms with Gasteiger partial charge in [-0.1, -0.05) is 0 Å². The monoisotopic (exact) mass is 338 g/mol. The minimum atomic E-state index is -3.55. The molecule has 0 saturated heterocycles. The van der Waals surface area contributed by atoms with Crippen molar-refractivity contribution >= 4 is 25.0 Å². The normalized spacial score (nSPS) is 13.7. The lowest BCUT2D eigenvalue weighted by Crippen LogP contribution is -2.18. The van der Waals surface area contributed by atoms with Gasteiger partial charge in [0.1, 0.15) is 0 Å². The fraction of sp³-hybridized carbons (Fsp3) is 1.00. The van der Waals surface area contributed by atoms with Crippen LogP contribution in [-0.4, -0.2) is 60.7 Å². The van der Waals surface area contributed by atoms with Crippen LogP contribution in [0.3, 0.4) is 0 Å². The highest BCUT2D eigenvalue weighted by Crippen LogP contribution is 2.47. The molecule has 0 fully saturated rings. The van der Waals surface area contributed by atoms with Crippen LogP contribution in [0.15, 0.2) is 0 Å². The van der Waals surface area contributed by atoms with Crippen molar-refractivity contribution < 1.29 is 35.6 Å². The summed E-state index contributed by atoms with van der Waals surface area (Å²) in [6.07, 6.45) is -0.515. The van der Waals surface area contributed by atoms with Gasteiger partial charge < -0.3 is 18.1 Å². The van der Waals surface area contributed by atoms with Gasteiger partial charge in [0, 0.05) is 28.4 Å². The molecule has 0 radical (unpaired) electrons. The Morgan fingerprint density at radius 2 is 1.00 bits per heavy atom. The van der Waals surface area contributed by atoms with Crippen LogP contribution in [0.4, 0.5) is 0 Å². The highest BCUT2D eigenvalue weighted by molar-refractivity contribution is 7.92. The molecule has 0 aromatic carbocycles. The van der Waals surface area contributed by atoms with E-state index in [0.29, 0.717) is 0 Å². The van der Waals surface area contributed by atoms with Crippen LogP contribution >= 0.6 is 15.2 Å². The second kappa shape index (κ2) is 7.88. The molecule has 0 aliphatic rings. The largest absolute Gasteiger partial charge is 0.331 e. The van der Waals surface area contributed by atoms with Gasteiger partial charge in [0.25, 0.3) is 0 Å². The zero-order valence-electron chi connectivity index (χ0n) is 11.4. The Balaban J connectivity index is 4.51. The van der Waals surface area contributed by atoms with Crippen LogP contribution in [0, 0.1) is 0 Å². The molecule has 0 saturated carbocycles. The van der Waals surface area contributed by atoms with Crippen LogP contribution in [0.2, 0.25) is 0 Å². The molecule has 0 aromatic rings. The van der Waals surface area contributed by atoms with Gasteiger partial charge in [-0.05, 0) is 0 Å². The van der Waals surface area contributed by atoms with Crippen LogP contribution in [0.1, 0.15) is 0 Å². The maximum atomic E-state index is 11.7. The van der Waals surface area contributed by atoms with Gasteiger partial charge in [-0.2, -0.15) is 0 Å². The highest BCUT2D eigenvalue weighted by Gasteiger charge is 2.28. The summed E-state index contributed by atoms with van der Waals surface area (Å²) < 4.78 is 65.4. The molecule has 0 unspecified atom stereocenters. The first kappa shape index (κ1) is 19.2. The Morgan fingerprint density at radius 3 is 1.21 bits per heavy atom. The lowest BCUT2D eigenvalue weighted by Gasteiger charge is -2.15. The fourth-order valence-electron chi connectivity index (χ4n) is 1.12. The average molecular weight is 338 g/mol. The summed E-state index contributed by atoms with van der Waals surface area (Å²) in [5.41, 5.74) is 0. The van der Waals surface area contributed by atoms with E-state index in [1.54, 1.807) is 0 Å². The van der Waals surface area contributed by atoms with Gasteiger partial charge in [0.15, 0.2) is 9.84 Å². The van der Waals surface area contributed by atoms with Crippen LogP contribution in [0.5, 0.6) is 0 Å². The SMILES string of the molecule is COP(=O)(CCS(=O)(=O)CCP(=O)(OC)OC)OC. The van der Waals surface area contributed by atoms with Crippen molar-refractivity contribution in [1.82, 2.24) is 0 Å². The van der Waals surface area contributed by atoms with Gasteiger partial charge in [0.2, 0.25) is 0 Å². The molecule has 116 valence electrons. The maximum absolute atomic E-state index is 11.7. The van der Waals surface area contributed by atoms with Crippen molar-refractivity contribution in [2.24, 2.45) is 0 Å². The highest BCUT2D eigenvalue weighted by atomic mass is 32.2. The van der Waals surface area contributed by atoms with E-state index in [-0.39, 0.29) is 23.8 Å². The van der Waals surface area contributed by atoms with E-state index in [2.05, 4.69) is 18.1 Å². The zero-order valence-corrected chi connectivity index (χ0v) is 14.0. The van der Waals surface area contributed by atoms with Crippen molar-refractivity contribution in [2.45, 2.75) is 0 Å². The van der Waals surface area contributed by atoms with Gasteiger partial charge >= 0.3 is 15.2 Å². The molecule has 0 aliphatic carbocycles. The second-order valence-corrected chi connectivity index (χ2v) is 10.7. The van der Waals surface area contributed by atoms with Crippen molar-refractivity contribution in [3.63, 3.8) is 0 Å². The third-order valence-electron chi connectivity index (χ3n) is 2.46. The van der Waals surface area contributed by atoms with Crippen LogP contribution < -0.4 is 0 Å². The molecule has 0 spiro atoms. The van der Waals surface area contributed by atoms with Gasteiger partial charge in [0.05, 0.1) is 23.8 Å². The molecule has 0 heterocycles. The number of hydrogen-bond acceptors (Lipinski definition) is 8. The molecule has 0 amide bonds. The lowest BCUT2D eigenvalue weighted by atomic mass is 10.9. The van der Waals surface area contributed by atoms with E-state index in [4.69, 9.17) is 0 Å². The summed E-state index contributed by atoms with van der Waals surface area (Å²) in [5, 5.41) is 0. The summed E-state index contributed by atoms with van der Waals surface area (Å²) in [4.78, 5) is 0. The summed E-state index contributed by atoms with van der Waals surface area (Å²) in [6, 6.07) is 0. The van der Waals surface area contributed by atoms with E-state index in [1.807, 2.05) is 0 Å². The average Bonchev–Trinajstić information content (AvgIpc) is 2.42. The molecule has 0 N–H and O–H groups in total. The lowest BCUT2D eigenvalue weighted by molar-refractivity contribution is 0.277. The maximum Gasteiger partial charge on any atom is 0.331 e. The van der Waals surface area contributed by atoms with E-state index >= 15 is 0 Å². The Morgan fingerprint density at radius 1 is 0.737 bits per heavy atom. The van der Waals surface area contributed by atoms with Crippen molar-refractivity contribution in [3.05, 3.63) is 0 Å². The Bertz CT molecular complexity index is 407. The van der Waals surface area contributed by atoms with Crippen molar-refractivity contribution in [1.29, 1.82) is 0 Å². The Hall–Kier alpha value is 0.250. The van der Waals surface area contributed by atoms with Gasteiger partial charge in [-0.25, -0.2) is 8.42 Å². The third-order valence-corrected chi connectivity index (χ3v) is 8.49. The minimum absolute atomic E-state index is 0.257. The zero-order chi connectivity index (χ0) is 15.2. The smallest absolute Gasteiger partial charge is 0.312 e. The predicted octanol–water partition coefficient (Wildman–Crippen LogP) is 1.37. The summed E-state index contributed by atoms with van der Waals surface area (Å²) >= 11 is 0. The van der Waals surface area contributed by atoms with Crippen molar-refractivity contribution in [3.8, 4) is 0 Å². The molecule has 8 nitrogen and oxygen atoms in total. The first-order chi connectivity index (χ1) is 8.66. The molecular weight excluding hydrogens is 318 g/mol. The summed E-state index contributed by atoms with van der Waals surface area (Å²) in [7, 11) is -5.56. The standard InChI is InChI=1S/C8H20O8P2S/c1-13-17(9,14-2)5-7-19(11,12)8-6-18(10,15-3)16-4/h5-8H2,1-4H3. The molecule has 0 bridgehead atoms. The first-order valence-electron chi connectivity index (χ1n) is 5.27. The van der Waals surface area contributed by atoms with E-state index in [0.717, 1.165) is 0 Å². The third kappa shape index (κ3) is 6.99. The number of hydrogen-bond donors (Lipinski definition) is 0. The van der Waals surface area contributed by atoms with E-state index in [1.165, 1.54) is 28.4 Å². The van der Waals surface area contributed by atoms with E-state index < -0.39 is 25.0 Å². The molecule has 19 heavy (non-hydrogen) atoms.